The minimum atomic E-state index is 0.421. The van der Waals surface area contributed by atoms with Crippen LogP contribution >= 0.6 is 0 Å². The van der Waals surface area contributed by atoms with E-state index in [1.54, 1.807) is 7.11 Å². The molecule has 0 aromatic heterocycles. The summed E-state index contributed by atoms with van der Waals surface area (Å²) in [5.41, 5.74) is 5.47. The van der Waals surface area contributed by atoms with E-state index < -0.39 is 0 Å². The van der Waals surface area contributed by atoms with Crippen LogP contribution < -0.4 is 11.1 Å². The molecule has 0 saturated carbocycles. The fraction of sp³-hybridized carbons (Fsp3) is 1.00. The van der Waals surface area contributed by atoms with E-state index in [0.717, 1.165) is 26.0 Å². The van der Waals surface area contributed by atoms with Crippen LogP contribution in [0.25, 0.3) is 0 Å². The predicted octanol–water partition coefficient (Wildman–Crippen LogP) is 0.366. The summed E-state index contributed by atoms with van der Waals surface area (Å²) >= 11 is 0. The highest BCUT2D eigenvalue weighted by Gasteiger charge is 1.96. The van der Waals surface area contributed by atoms with Crippen molar-refractivity contribution in [3.8, 4) is 0 Å². The van der Waals surface area contributed by atoms with Crippen molar-refractivity contribution in [1.29, 1.82) is 0 Å². The fourth-order valence-electron chi connectivity index (χ4n) is 1.01. The van der Waals surface area contributed by atoms with Crippen molar-refractivity contribution in [1.82, 2.24) is 5.32 Å². The standard InChI is InChI=1S/C10H24N2O2/c1-10(9-11)12-5-3-4-6-14-8-7-13-2/h10,12H,3-9,11H2,1-2H3. The molecule has 0 heterocycles. The van der Waals surface area contributed by atoms with Gasteiger partial charge in [0.05, 0.1) is 13.2 Å². The third-order valence-corrected chi connectivity index (χ3v) is 1.99. The van der Waals surface area contributed by atoms with Gasteiger partial charge in [0.1, 0.15) is 0 Å². The topological polar surface area (TPSA) is 56.5 Å². The lowest BCUT2D eigenvalue weighted by Crippen LogP contribution is -2.33. The van der Waals surface area contributed by atoms with Gasteiger partial charge in [0.25, 0.3) is 0 Å². The van der Waals surface area contributed by atoms with E-state index in [9.17, 15) is 0 Å². The summed E-state index contributed by atoms with van der Waals surface area (Å²) in [4.78, 5) is 0. The molecule has 4 nitrogen and oxygen atoms in total. The highest BCUT2D eigenvalue weighted by atomic mass is 16.5. The summed E-state index contributed by atoms with van der Waals surface area (Å²) in [5.74, 6) is 0. The van der Waals surface area contributed by atoms with Crippen LogP contribution in [0.3, 0.4) is 0 Å². The molecule has 0 aromatic rings. The quantitative estimate of drug-likeness (QED) is 0.505. The summed E-state index contributed by atoms with van der Waals surface area (Å²) in [6.45, 7) is 6.01. The third-order valence-electron chi connectivity index (χ3n) is 1.99. The zero-order valence-electron chi connectivity index (χ0n) is 9.42. The van der Waals surface area contributed by atoms with Crippen LogP contribution in [0.1, 0.15) is 19.8 Å². The smallest absolute Gasteiger partial charge is 0.0700 e. The van der Waals surface area contributed by atoms with Gasteiger partial charge in [0.15, 0.2) is 0 Å². The van der Waals surface area contributed by atoms with E-state index in [-0.39, 0.29) is 0 Å². The zero-order chi connectivity index (χ0) is 10.6. The Hall–Kier alpha value is -0.160. The van der Waals surface area contributed by atoms with Crippen LogP contribution in [0.4, 0.5) is 0 Å². The molecule has 0 saturated heterocycles. The lowest BCUT2D eigenvalue weighted by Gasteiger charge is -2.10. The van der Waals surface area contributed by atoms with Gasteiger partial charge in [-0.1, -0.05) is 0 Å². The molecule has 0 aliphatic carbocycles. The Kier molecular flexibility index (Phi) is 10.8. The van der Waals surface area contributed by atoms with Gasteiger partial charge in [-0.3, -0.25) is 0 Å². The minimum absolute atomic E-state index is 0.421. The summed E-state index contributed by atoms with van der Waals surface area (Å²) in [6.07, 6.45) is 2.23. The average molecular weight is 204 g/mol. The lowest BCUT2D eigenvalue weighted by molar-refractivity contribution is 0.0687. The van der Waals surface area contributed by atoms with E-state index in [1.807, 2.05) is 0 Å². The molecule has 0 rings (SSSR count). The monoisotopic (exact) mass is 204 g/mol. The third kappa shape index (κ3) is 9.92. The highest BCUT2D eigenvalue weighted by molar-refractivity contribution is 4.59. The zero-order valence-corrected chi connectivity index (χ0v) is 9.42. The Balaban J connectivity index is 2.92. The number of rotatable bonds is 10. The molecular formula is C10H24N2O2. The summed E-state index contributed by atoms with van der Waals surface area (Å²) in [6, 6.07) is 0.421. The maximum absolute atomic E-state index is 5.47. The molecule has 0 bridgehead atoms. The average Bonchev–Trinajstić information content (AvgIpc) is 2.21. The van der Waals surface area contributed by atoms with Crippen molar-refractivity contribution < 1.29 is 9.47 Å². The van der Waals surface area contributed by atoms with Crippen LogP contribution in [0.15, 0.2) is 0 Å². The van der Waals surface area contributed by atoms with Crippen LogP contribution in [0, 0.1) is 0 Å². The molecule has 4 heteroatoms. The van der Waals surface area contributed by atoms with Crippen LogP contribution in [0.2, 0.25) is 0 Å². The first kappa shape index (κ1) is 13.8. The van der Waals surface area contributed by atoms with Crippen LogP contribution in [0.5, 0.6) is 0 Å². The molecule has 1 atom stereocenters. The van der Waals surface area contributed by atoms with E-state index in [0.29, 0.717) is 25.8 Å². The molecule has 3 N–H and O–H groups in total. The summed E-state index contributed by atoms with van der Waals surface area (Å²) < 4.78 is 10.2. The van der Waals surface area contributed by atoms with Crippen molar-refractivity contribution in [2.75, 3.05) is 40.0 Å². The van der Waals surface area contributed by atoms with Crippen molar-refractivity contribution in [3.63, 3.8) is 0 Å². The fourth-order valence-corrected chi connectivity index (χ4v) is 1.01. The van der Waals surface area contributed by atoms with Gasteiger partial charge in [-0.25, -0.2) is 0 Å². The molecule has 14 heavy (non-hydrogen) atoms. The van der Waals surface area contributed by atoms with Gasteiger partial charge in [0, 0.05) is 26.3 Å². The van der Waals surface area contributed by atoms with Gasteiger partial charge in [-0.2, -0.15) is 0 Å². The number of methoxy groups -OCH3 is 1. The largest absolute Gasteiger partial charge is 0.382 e. The molecule has 0 aliphatic rings. The summed E-state index contributed by atoms with van der Waals surface area (Å²) in [7, 11) is 1.68. The Morgan fingerprint density at radius 2 is 2.00 bits per heavy atom. The van der Waals surface area contributed by atoms with Crippen molar-refractivity contribution >= 4 is 0 Å². The van der Waals surface area contributed by atoms with Gasteiger partial charge in [-0.15, -0.1) is 0 Å². The van der Waals surface area contributed by atoms with Gasteiger partial charge < -0.3 is 20.5 Å². The highest BCUT2D eigenvalue weighted by Crippen LogP contribution is 1.89. The molecule has 86 valence electrons. The number of unbranched alkanes of at least 4 members (excludes halogenated alkanes) is 1. The predicted molar refractivity (Wildman–Crippen MR) is 58.4 cm³/mol. The molecule has 0 fully saturated rings. The molecule has 0 amide bonds. The Morgan fingerprint density at radius 3 is 2.64 bits per heavy atom. The van der Waals surface area contributed by atoms with Crippen molar-refractivity contribution in [3.05, 3.63) is 0 Å². The lowest BCUT2D eigenvalue weighted by atomic mass is 10.3. The number of nitrogens with one attached hydrogen (secondary N) is 1. The van der Waals surface area contributed by atoms with Gasteiger partial charge >= 0.3 is 0 Å². The van der Waals surface area contributed by atoms with Crippen LogP contribution in [-0.2, 0) is 9.47 Å². The van der Waals surface area contributed by atoms with E-state index in [1.165, 1.54) is 0 Å². The molecule has 1 unspecified atom stereocenters. The molecular weight excluding hydrogens is 180 g/mol. The normalized spacial score (nSPS) is 13.1. The molecule has 0 aromatic carbocycles. The molecule has 0 radical (unpaired) electrons. The van der Waals surface area contributed by atoms with E-state index in [2.05, 4.69) is 12.2 Å². The first-order valence-corrected chi connectivity index (χ1v) is 5.31. The number of ether oxygens (including phenoxy) is 2. The first-order chi connectivity index (χ1) is 6.81. The number of nitrogens with two attached hydrogens (primary N) is 1. The number of hydrogen-bond donors (Lipinski definition) is 2. The first-order valence-electron chi connectivity index (χ1n) is 5.31. The van der Waals surface area contributed by atoms with E-state index >= 15 is 0 Å². The minimum Gasteiger partial charge on any atom is -0.382 e. The Morgan fingerprint density at radius 1 is 1.21 bits per heavy atom. The van der Waals surface area contributed by atoms with Crippen LogP contribution in [-0.4, -0.2) is 46.1 Å². The second-order valence-corrected chi connectivity index (χ2v) is 3.40. The second-order valence-electron chi connectivity index (χ2n) is 3.40. The van der Waals surface area contributed by atoms with Gasteiger partial charge in [-0.05, 0) is 26.3 Å². The molecule has 0 aliphatic heterocycles. The molecule has 0 spiro atoms. The number of hydrogen-bond acceptors (Lipinski definition) is 4. The Bertz CT molecular complexity index is 112. The SMILES string of the molecule is COCCOCCCCNC(C)CN. The second kappa shape index (κ2) is 10.9. The van der Waals surface area contributed by atoms with Crippen molar-refractivity contribution in [2.24, 2.45) is 5.73 Å². The van der Waals surface area contributed by atoms with Crippen molar-refractivity contribution in [2.45, 2.75) is 25.8 Å². The van der Waals surface area contributed by atoms with Gasteiger partial charge in [0.2, 0.25) is 0 Å². The maximum atomic E-state index is 5.47. The summed E-state index contributed by atoms with van der Waals surface area (Å²) in [5, 5.41) is 3.33. The Labute approximate surface area is 87.1 Å². The maximum Gasteiger partial charge on any atom is 0.0700 e. The van der Waals surface area contributed by atoms with E-state index in [4.69, 9.17) is 15.2 Å².